The number of carbonyl (C=O) groups is 2. The molecule has 0 fully saturated rings. The molecule has 7 heteroatoms. The van der Waals surface area contributed by atoms with E-state index in [1.807, 2.05) is 18.2 Å². The molecule has 0 N–H and O–H groups in total. The molecule has 1 heterocycles. The van der Waals surface area contributed by atoms with Gasteiger partial charge in [0.2, 0.25) is 0 Å². The fourth-order valence-electron chi connectivity index (χ4n) is 2.63. The Hall–Kier alpha value is -2.38. The maximum Gasteiger partial charge on any atom is 0.306 e. The first-order valence-electron chi connectivity index (χ1n) is 8.88. The maximum absolute atomic E-state index is 12.0. The van der Waals surface area contributed by atoms with Crippen molar-refractivity contribution >= 4 is 45.1 Å². The molecule has 1 aromatic heterocycles. The molecule has 28 heavy (non-hydrogen) atoms. The third-order valence-corrected chi connectivity index (χ3v) is 6.37. The van der Waals surface area contributed by atoms with E-state index in [9.17, 15) is 9.59 Å². The first-order chi connectivity index (χ1) is 13.6. The van der Waals surface area contributed by atoms with Crippen molar-refractivity contribution in [3.05, 3.63) is 53.6 Å². The summed E-state index contributed by atoms with van der Waals surface area (Å²) < 4.78 is 12.8. The van der Waals surface area contributed by atoms with Gasteiger partial charge in [-0.25, -0.2) is 4.98 Å². The highest BCUT2D eigenvalue weighted by molar-refractivity contribution is 8.01. The highest BCUT2D eigenvalue weighted by Gasteiger charge is 2.11. The van der Waals surface area contributed by atoms with Crippen LogP contribution in [0.3, 0.4) is 0 Å². The van der Waals surface area contributed by atoms with Gasteiger partial charge in [-0.1, -0.05) is 23.9 Å². The smallest absolute Gasteiger partial charge is 0.306 e. The number of hydrogen-bond donors (Lipinski definition) is 0. The van der Waals surface area contributed by atoms with Crippen molar-refractivity contribution in [2.24, 2.45) is 0 Å². The van der Waals surface area contributed by atoms with Gasteiger partial charge in [-0.05, 0) is 43.7 Å². The average molecular weight is 416 g/mol. The van der Waals surface area contributed by atoms with Crippen LogP contribution in [0.4, 0.5) is 0 Å². The molecule has 3 aromatic rings. The zero-order chi connectivity index (χ0) is 19.9. The zero-order valence-corrected chi connectivity index (χ0v) is 17.4. The summed E-state index contributed by atoms with van der Waals surface area (Å²) in [6.45, 7) is 1.59. The number of fused-ring (bicyclic) bond motifs is 1. The van der Waals surface area contributed by atoms with E-state index < -0.39 is 0 Å². The molecule has 3 rings (SSSR count). The van der Waals surface area contributed by atoms with Crippen LogP contribution >= 0.6 is 23.1 Å². The van der Waals surface area contributed by atoms with Crippen molar-refractivity contribution < 1.29 is 19.1 Å². The summed E-state index contributed by atoms with van der Waals surface area (Å²) in [7, 11) is 1.55. The Labute approximate surface area is 172 Å². The van der Waals surface area contributed by atoms with Gasteiger partial charge in [0.15, 0.2) is 10.1 Å². The van der Waals surface area contributed by atoms with Crippen LogP contribution < -0.4 is 4.74 Å². The first-order valence-corrected chi connectivity index (χ1v) is 10.7. The van der Waals surface area contributed by atoms with Crippen LogP contribution in [0.1, 0.15) is 35.7 Å². The van der Waals surface area contributed by atoms with E-state index in [1.54, 1.807) is 48.4 Å². The lowest BCUT2D eigenvalue weighted by molar-refractivity contribution is -0.145. The largest absolute Gasteiger partial charge is 0.496 e. The summed E-state index contributed by atoms with van der Waals surface area (Å²) in [6.07, 6.45) is 1.05. The first kappa shape index (κ1) is 20.4. The molecule has 0 saturated heterocycles. The molecule has 146 valence electrons. The monoisotopic (exact) mass is 415 g/mol. The van der Waals surface area contributed by atoms with Crippen LogP contribution in [-0.2, 0) is 16.1 Å². The Morgan fingerprint density at radius 3 is 2.75 bits per heavy atom. The van der Waals surface area contributed by atoms with E-state index in [0.29, 0.717) is 29.7 Å². The predicted octanol–water partition coefficient (Wildman–Crippen LogP) is 5.12. The van der Waals surface area contributed by atoms with E-state index in [1.165, 1.54) is 11.6 Å². The highest BCUT2D eigenvalue weighted by Crippen LogP contribution is 2.29. The van der Waals surface area contributed by atoms with E-state index in [2.05, 4.69) is 11.1 Å². The molecular formula is C21H21NO4S2. The SMILES string of the molecule is COc1ccc(C(C)=O)cc1COC(=O)CCCSc1nc2ccccc2s1. The Morgan fingerprint density at radius 1 is 1.18 bits per heavy atom. The van der Waals surface area contributed by atoms with Crippen LogP contribution in [0.25, 0.3) is 10.2 Å². The molecule has 0 saturated carbocycles. The van der Waals surface area contributed by atoms with Crippen molar-refractivity contribution in [2.45, 2.75) is 30.7 Å². The Bertz CT molecular complexity index is 950. The molecule has 0 amide bonds. The summed E-state index contributed by atoms with van der Waals surface area (Å²) in [5.41, 5.74) is 2.27. The van der Waals surface area contributed by atoms with Gasteiger partial charge < -0.3 is 9.47 Å². The normalized spacial score (nSPS) is 10.8. The van der Waals surface area contributed by atoms with Crippen LogP contribution in [0, 0.1) is 0 Å². The number of ether oxygens (including phenoxy) is 2. The second-order valence-corrected chi connectivity index (χ2v) is 8.52. The van der Waals surface area contributed by atoms with Gasteiger partial charge in [0.05, 0.1) is 17.3 Å². The fourth-order valence-corrected chi connectivity index (χ4v) is 4.71. The molecule has 0 aliphatic carbocycles. The second-order valence-electron chi connectivity index (χ2n) is 6.14. The molecule has 2 aromatic carbocycles. The number of benzene rings is 2. The zero-order valence-electron chi connectivity index (χ0n) is 15.8. The summed E-state index contributed by atoms with van der Waals surface area (Å²) in [6, 6.07) is 13.2. The lowest BCUT2D eigenvalue weighted by Crippen LogP contribution is -2.06. The van der Waals surface area contributed by atoms with E-state index in [4.69, 9.17) is 9.47 Å². The highest BCUT2D eigenvalue weighted by atomic mass is 32.2. The van der Waals surface area contributed by atoms with Crippen molar-refractivity contribution in [1.29, 1.82) is 0 Å². The molecular weight excluding hydrogens is 394 g/mol. The molecule has 5 nitrogen and oxygen atoms in total. The minimum atomic E-state index is -0.264. The maximum atomic E-state index is 12.0. The number of thiazole rings is 1. The fraction of sp³-hybridized carbons (Fsp3) is 0.286. The Kier molecular flexibility index (Phi) is 7.06. The van der Waals surface area contributed by atoms with Crippen molar-refractivity contribution in [3.8, 4) is 5.75 Å². The van der Waals surface area contributed by atoms with Crippen molar-refractivity contribution in [2.75, 3.05) is 12.9 Å². The van der Waals surface area contributed by atoms with E-state index >= 15 is 0 Å². The number of ketones is 1. The number of nitrogens with zero attached hydrogens (tertiary/aromatic N) is 1. The molecule has 0 radical (unpaired) electrons. The lowest BCUT2D eigenvalue weighted by Gasteiger charge is -2.10. The molecule has 0 atom stereocenters. The Morgan fingerprint density at radius 2 is 2.00 bits per heavy atom. The van der Waals surface area contributed by atoms with Gasteiger partial charge in [0.25, 0.3) is 0 Å². The summed E-state index contributed by atoms with van der Waals surface area (Å²) >= 11 is 3.32. The summed E-state index contributed by atoms with van der Waals surface area (Å²) in [5.74, 6) is 1.10. The number of para-hydroxylation sites is 1. The molecule has 0 bridgehead atoms. The number of thioether (sulfide) groups is 1. The minimum absolute atomic E-state index is 0.0397. The van der Waals surface area contributed by atoms with E-state index in [0.717, 1.165) is 15.6 Å². The van der Waals surface area contributed by atoms with Gasteiger partial charge in [-0.3, -0.25) is 9.59 Å². The summed E-state index contributed by atoms with van der Waals surface area (Å²) in [5, 5.41) is 0. The number of carbonyl (C=O) groups excluding carboxylic acids is 2. The van der Waals surface area contributed by atoms with Gasteiger partial charge >= 0.3 is 5.97 Å². The number of methoxy groups -OCH3 is 1. The molecule has 0 unspecified atom stereocenters. The third-order valence-electron chi connectivity index (χ3n) is 4.10. The van der Waals surface area contributed by atoms with Gasteiger partial charge in [-0.15, -0.1) is 11.3 Å². The molecule has 0 aliphatic heterocycles. The number of rotatable bonds is 9. The molecule has 0 spiro atoms. The van der Waals surface area contributed by atoms with Gasteiger partial charge in [0, 0.05) is 23.3 Å². The lowest BCUT2D eigenvalue weighted by atomic mass is 10.1. The second kappa shape index (κ2) is 9.71. The van der Waals surface area contributed by atoms with Crippen LogP contribution in [0.15, 0.2) is 46.8 Å². The van der Waals surface area contributed by atoms with Crippen molar-refractivity contribution in [1.82, 2.24) is 4.98 Å². The van der Waals surface area contributed by atoms with Crippen LogP contribution in [0.2, 0.25) is 0 Å². The average Bonchev–Trinajstić information content (AvgIpc) is 3.12. The number of hydrogen-bond acceptors (Lipinski definition) is 7. The predicted molar refractivity (Wildman–Crippen MR) is 112 cm³/mol. The van der Waals surface area contributed by atoms with Crippen LogP contribution in [0.5, 0.6) is 5.75 Å². The van der Waals surface area contributed by atoms with Gasteiger partial charge in [0.1, 0.15) is 12.4 Å². The quantitative estimate of drug-likeness (QED) is 0.209. The third kappa shape index (κ3) is 5.33. The summed E-state index contributed by atoms with van der Waals surface area (Å²) in [4.78, 5) is 28.1. The number of aromatic nitrogens is 1. The standard InChI is InChI=1S/C21H21NO4S2/c1-14(23)15-9-10-18(25-2)16(12-15)13-26-20(24)8-5-11-27-21-22-17-6-3-4-7-19(17)28-21/h3-4,6-7,9-10,12H,5,8,11,13H2,1-2H3. The van der Waals surface area contributed by atoms with Crippen molar-refractivity contribution in [3.63, 3.8) is 0 Å². The Balaban J connectivity index is 1.44. The number of esters is 1. The van der Waals surface area contributed by atoms with Crippen LogP contribution in [-0.4, -0.2) is 29.6 Å². The topological polar surface area (TPSA) is 65.5 Å². The van der Waals surface area contributed by atoms with E-state index in [-0.39, 0.29) is 18.4 Å². The molecule has 0 aliphatic rings. The number of Topliss-reactive ketones (excluding diaryl/α,β-unsaturated/α-hetero) is 1. The minimum Gasteiger partial charge on any atom is -0.496 e. The van der Waals surface area contributed by atoms with Gasteiger partial charge in [-0.2, -0.15) is 0 Å².